The number of benzene rings is 1. The average molecular weight is 474 g/mol. The molecule has 0 aliphatic carbocycles. The molecule has 2 aliphatic heterocycles. The highest BCUT2D eigenvalue weighted by atomic mass is 19.1. The third-order valence-corrected chi connectivity index (χ3v) is 5.46. The van der Waals surface area contributed by atoms with Gasteiger partial charge in [0.1, 0.15) is 11.6 Å². The Morgan fingerprint density at radius 3 is 2.74 bits per heavy atom. The molecule has 2 aliphatic rings. The van der Waals surface area contributed by atoms with E-state index < -0.39 is 17.9 Å². The first-order chi connectivity index (χ1) is 16.5. The van der Waals surface area contributed by atoms with E-state index >= 15 is 4.39 Å². The van der Waals surface area contributed by atoms with Gasteiger partial charge in [0.25, 0.3) is 0 Å². The molecule has 3 N–H and O–H groups in total. The number of amides is 3. The highest BCUT2D eigenvalue weighted by molar-refractivity contribution is 5.89. The maximum atomic E-state index is 15.1. The predicted octanol–water partition coefficient (Wildman–Crippen LogP) is 1.71. The number of urea groups is 1. The van der Waals surface area contributed by atoms with Crippen molar-refractivity contribution in [3.63, 3.8) is 0 Å². The second-order valence-corrected chi connectivity index (χ2v) is 7.75. The van der Waals surface area contributed by atoms with E-state index in [1.54, 1.807) is 17.9 Å². The second-order valence-electron chi connectivity index (χ2n) is 7.75. The first-order valence-corrected chi connectivity index (χ1v) is 11.1. The molecule has 1 saturated heterocycles. The molecule has 3 heterocycles. The molecule has 2 aromatic rings. The Morgan fingerprint density at radius 1 is 1.24 bits per heavy atom. The Morgan fingerprint density at radius 2 is 2.03 bits per heavy atom. The number of nitrogens with one attached hydrogen (secondary N) is 2. The van der Waals surface area contributed by atoms with Crippen LogP contribution in [0.4, 0.5) is 25.5 Å². The highest BCUT2D eigenvalue weighted by Gasteiger charge is 2.32. The lowest BCUT2D eigenvalue weighted by Gasteiger charge is -2.29. The molecule has 0 bridgehead atoms. The van der Waals surface area contributed by atoms with Crippen LogP contribution in [0, 0.1) is 5.82 Å². The summed E-state index contributed by atoms with van der Waals surface area (Å²) in [5.74, 6) is 0.243. The van der Waals surface area contributed by atoms with E-state index in [1.165, 1.54) is 12.1 Å². The molecule has 0 unspecified atom stereocenters. The smallest absolute Gasteiger partial charge is 0.410 e. The maximum absolute atomic E-state index is 15.1. The van der Waals surface area contributed by atoms with Gasteiger partial charge in [-0.05, 0) is 25.1 Å². The van der Waals surface area contributed by atoms with E-state index in [-0.39, 0.29) is 43.4 Å². The number of aliphatic hydroxyl groups is 1. The molecule has 4 rings (SSSR count). The van der Waals surface area contributed by atoms with Crippen LogP contribution in [-0.2, 0) is 22.6 Å². The molecule has 182 valence electrons. The van der Waals surface area contributed by atoms with Crippen LogP contribution in [0.3, 0.4) is 0 Å². The zero-order valence-corrected chi connectivity index (χ0v) is 18.8. The minimum absolute atomic E-state index is 0.0858. The van der Waals surface area contributed by atoms with Crippen LogP contribution >= 0.6 is 0 Å². The van der Waals surface area contributed by atoms with Gasteiger partial charge in [0, 0.05) is 30.9 Å². The van der Waals surface area contributed by atoms with Gasteiger partial charge in [-0.1, -0.05) is 0 Å². The van der Waals surface area contributed by atoms with Crippen LogP contribution in [0.15, 0.2) is 18.2 Å². The van der Waals surface area contributed by atoms with Gasteiger partial charge in [-0.25, -0.2) is 23.9 Å². The van der Waals surface area contributed by atoms with E-state index in [0.29, 0.717) is 44.4 Å². The summed E-state index contributed by atoms with van der Waals surface area (Å²) in [6, 6.07) is 3.68. The van der Waals surface area contributed by atoms with Crippen molar-refractivity contribution in [1.29, 1.82) is 0 Å². The van der Waals surface area contributed by atoms with Gasteiger partial charge in [-0.15, -0.1) is 0 Å². The Hall–Kier alpha value is -3.51. The lowest BCUT2D eigenvalue weighted by atomic mass is 10.1. The van der Waals surface area contributed by atoms with Crippen LogP contribution in [0.1, 0.15) is 18.2 Å². The van der Waals surface area contributed by atoms with Crippen molar-refractivity contribution in [3.05, 3.63) is 35.3 Å². The van der Waals surface area contributed by atoms with Crippen molar-refractivity contribution in [2.24, 2.45) is 0 Å². The lowest BCUT2D eigenvalue weighted by molar-refractivity contribution is 0.106. The molecule has 3 amide bonds. The number of carbonyl (C=O) groups is 2. The van der Waals surface area contributed by atoms with Gasteiger partial charge in [-0.3, -0.25) is 4.90 Å². The number of rotatable bonds is 6. The van der Waals surface area contributed by atoms with Crippen LogP contribution in [0.2, 0.25) is 0 Å². The van der Waals surface area contributed by atoms with Crippen LogP contribution in [-0.4, -0.2) is 78.2 Å². The van der Waals surface area contributed by atoms with E-state index in [4.69, 9.17) is 14.6 Å². The van der Waals surface area contributed by atoms with E-state index in [1.807, 2.05) is 0 Å². The third-order valence-electron chi connectivity index (χ3n) is 5.46. The number of hydrogen-bond donors (Lipinski definition) is 3. The monoisotopic (exact) mass is 474 g/mol. The molecule has 1 aromatic carbocycles. The number of halogens is 1. The quantitative estimate of drug-likeness (QED) is 0.577. The predicted molar refractivity (Wildman–Crippen MR) is 121 cm³/mol. The maximum Gasteiger partial charge on any atom is 0.410 e. The van der Waals surface area contributed by atoms with Gasteiger partial charge < -0.3 is 30.1 Å². The molecular formula is C22H27FN6O5. The minimum Gasteiger partial charge on any atom is -0.450 e. The van der Waals surface area contributed by atoms with Crippen molar-refractivity contribution in [2.45, 2.75) is 20.0 Å². The van der Waals surface area contributed by atoms with Crippen molar-refractivity contribution in [3.8, 4) is 11.4 Å². The summed E-state index contributed by atoms with van der Waals surface area (Å²) >= 11 is 0. The number of anilines is 2. The molecule has 1 aromatic heterocycles. The minimum atomic E-state index is -0.604. The molecule has 12 heteroatoms. The zero-order chi connectivity index (χ0) is 24.1. The SMILES string of the molecule is CCOC(=O)N1Cc2nc(-c3ccc(NC(=O)NCCO)cc3F)nc(N3CCOCC3)c2C1. The summed E-state index contributed by atoms with van der Waals surface area (Å²) in [5, 5.41) is 13.7. The van der Waals surface area contributed by atoms with Crippen molar-refractivity contribution < 1.29 is 28.6 Å². The number of fused-ring (bicyclic) bond motifs is 1. The molecule has 11 nitrogen and oxygen atoms in total. The number of carbonyl (C=O) groups excluding carboxylic acids is 2. The Balaban J connectivity index is 1.64. The van der Waals surface area contributed by atoms with Gasteiger partial charge in [-0.2, -0.15) is 0 Å². The summed E-state index contributed by atoms with van der Waals surface area (Å²) in [5.41, 5.74) is 1.88. The van der Waals surface area contributed by atoms with Gasteiger partial charge in [0.2, 0.25) is 0 Å². The standard InChI is InChI=1S/C22H27FN6O5/c1-2-34-22(32)29-12-16-18(13-29)26-19(27-20(16)28-6-9-33-10-7-28)15-4-3-14(11-17(15)23)25-21(31)24-5-8-30/h3-4,11,30H,2,5-10,12-13H2,1H3,(H2,24,25,31). The molecule has 0 saturated carbocycles. The first-order valence-electron chi connectivity index (χ1n) is 11.1. The van der Waals surface area contributed by atoms with E-state index in [0.717, 1.165) is 5.56 Å². The number of aliphatic hydroxyl groups excluding tert-OH is 1. The fraction of sp³-hybridized carbons (Fsp3) is 0.455. The molecular weight excluding hydrogens is 447 g/mol. The second kappa shape index (κ2) is 10.6. The molecule has 34 heavy (non-hydrogen) atoms. The number of ether oxygens (including phenoxy) is 2. The number of aromatic nitrogens is 2. The molecule has 0 spiro atoms. The Labute approximate surface area is 195 Å². The fourth-order valence-corrected chi connectivity index (χ4v) is 3.86. The first kappa shape index (κ1) is 23.6. The topological polar surface area (TPSA) is 129 Å². The number of hydrogen-bond acceptors (Lipinski definition) is 8. The van der Waals surface area contributed by atoms with E-state index in [9.17, 15) is 9.59 Å². The zero-order valence-electron chi connectivity index (χ0n) is 18.8. The van der Waals surface area contributed by atoms with Gasteiger partial charge >= 0.3 is 12.1 Å². The van der Waals surface area contributed by atoms with E-state index in [2.05, 4.69) is 25.5 Å². The fourth-order valence-electron chi connectivity index (χ4n) is 3.86. The lowest BCUT2D eigenvalue weighted by Crippen LogP contribution is -2.37. The number of nitrogens with zero attached hydrogens (tertiary/aromatic N) is 4. The van der Waals surface area contributed by atoms with Crippen molar-refractivity contribution in [1.82, 2.24) is 20.2 Å². The van der Waals surface area contributed by atoms with Crippen LogP contribution in [0.25, 0.3) is 11.4 Å². The summed E-state index contributed by atoms with van der Waals surface area (Å²) in [7, 11) is 0. The highest BCUT2D eigenvalue weighted by Crippen LogP contribution is 2.33. The number of morpholine rings is 1. The third kappa shape index (κ3) is 5.18. The van der Waals surface area contributed by atoms with Gasteiger partial charge in [0.15, 0.2) is 5.82 Å². The summed E-state index contributed by atoms with van der Waals surface area (Å²) in [6.07, 6.45) is -0.434. The molecule has 0 radical (unpaired) electrons. The Bertz CT molecular complexity index is 1060. The van der Waals surface area contributed by atoms with Crippen LogP contribution < -0.4 is 15.5 Å². The van der Waals surface area contributed by atoms with Crippen molar-refractivity contribution in [2.75, 3.05) is 56.3 Å². The Kier molecular flexibility index (Phi) is 7.38. The average Bonchev–Trinajstić information content (AvgIpc) is 3.27. The summed E-state index contributed by atoms with van der Waals surface area (Å²) in [4.78, 5) is 37.0. The summed E-state index contributed by atoms with van der Waals surface area (Å²) in [6.45, 7) is 4.79. The largest absolute Gasteiger partial charge is 0.450 e. The molecule has 1 fully saturated rings. The van der Waals surface area contributed by atoms with Crippen molar-refractivity contribution >= 4 is 23.6 Å². The van der Waals surface area contributed by atoms with Crippen LogP contribution in [0.5, 0.6) is 0 Å². The summed E-state index contributed by atoms with van der Waals surface area (Å²) < 4.78 is 25.6. The van der Waals surface area contributed by atoms with Gasteiger partial charge in [0.05, 0.1) is 50.8 Å². The molecule has 0 atom stereocenters. The normalized spacial score (nSPS) is 15.1.